The van der Waals surface area contributed by atoms with Crippen molar-refractivity contribution in [2.75, 3.05) is 13.1 Å². The van der Waals surface area contributed by atoms with Crippen molar-refractivity contribution in [2.45, 2.75) is 25.8 Å². The molecule has 0 unspecified atom stereocenters. The van der Waals surface area contributed by atoms with E-state index in [2.05, 4.69) is 52.1 Å². The summed E-state index contributed by atoms with van der Waals surface area (Å²) in [4.78, 5) is 8.67. The number of thiophene rings is 1. The van der Waals surface area contributed by atoms with Crippen LogP contribution in [0.2, 0.25) is 0 Å². The standard InChI is InChI=1S/C14H19N3S/c1-11-8-16(2)14(15-11)12-5-6-17(9-12)10-13-4-3-7-18-13/h3-4,7-8,12H,5-6,9-10H2,1-2H3/t12-/m0/s1. The third kappa shape index (κ3) is 2.35. The van der Waals surface area contributed by atoms with E-state index >= 15 is 0 Å². The maximum atomic E-state index is 4.66. The van der Waals surface area contributed by atoms with Crippen molar-refractivity contribution in [3.8, 4) is 0 Å². The Morgan fingerprint density at radius 2 is 2.39 bits per heavy atom. The molecule has 1 fully saturated rings. The van der Waals surface area contributed by atoms with Crippen molar-refractivity contribution in [3.63, 3.8) is 0 Å². The van der Waals surface area contributed by atoms with Gasteiger partial charge in [0, 0.05) is 37.1 Å². The number of hydrogen-bond acceptors (Lipinski definition) is 3. The number of aromatic nitrogens is 2. The highest BCUT2D eigenvalue weighted by Gasteiger charge is 2.26. The van der Waals surface area contributed by atoms with E-state index in [0.717, 1.165) is 18.8 Å². The molecule has 1 saturated heterocycles. The average molecular weight is 261 g/mol. The van der Waals surface area contributed by atoms with Crippen molar-refractivity contribution < 1.29 is 0 Å². The van der Waals surface area contributed by atoms with E-state index in [4.69, 9.17) is 0 Å². The molecule has 0 radical (unpaired) electrons. The molecule has 0 aromatic carbocycles. The van der Waals surface area contributed by atoms with Gasteiger partial charge in [-0.2, -0.15) is 0 Å². The molecule has 0 aliphatic carbocycles. The molecule has 0 spiro atoms. The lowest BCUT2D eigenvalue weighted by atomic mass is 10.1. The summed E-state index contributed by atoms with van der Waals surface area (Å²) in [5, 5.41) is 2.16. The molecule has 1 atom stereocenters. The van der Waals surface area contributed by atoms with Crippen LogP contribution in [-0.4, -0.2) is 27.5 Å². The van der Waals surface area contributed by atoms with Crippen LogP contribution in [0.25, 0.3) is 0 Å². The second kappa shape index (κ2) is 4.86. The Hall–Kier alpha value is -1.13. The van der Waals surface area contributed by atoms with Gasteiger partial charge in [0.25, 0.3) is 0 Å². The van der Waals surface area contributed by atoms with E-state index in [1.54, 1.807) is 0 Å². The first kappa shape index (κ1) is 11.9. The molecule has 1 aliphatic rings. The molecule has 0 amide bonds. The van der Waals surface area contributed by atoms with E-state index in [-0.39, 0.29) is 0 Å². The van der Waals surface area contributed by atoms with Gasteiger partial charge in [0.2, 0.25) is 0 Å². The monoisotopic (exact) mass is 261 g/mol. The van der Waals surface area contributed by atoms with Gasteiger partial charge in [-0.3, -0.25) is 4.90 Å². The van der Waals surface area contributed by atoms with Crippen molar-refractivity contribution in [1.29, 1.82) is 0 Å². The summed E-state index contributed by atoms with van der Waals surface area (Å²) in [6.45, 7) is 5.50. The smallest absolute Gasteiger partial charge is 0.113 e. The molecule has 96 valence electrons. The number of rotatable bonds is 3. The first-order valence-electron chi connectivity index (χ1n) is 6.47. The maximum Gasteiger partial charge on any atom is 0.113 e. The van der Waals surface area contributed by atoms with Crippen molar-refractivity contribution in [3.05, 3.63) is 40.1 Å². The zero-order chi connectivity index (χ0) is 12.5. The van der Waals surface area contributed by atoms with Crippen LogP contribution in [0.4, 0.5) is 0 Å². The predicted octanol–water partition coefficient (Wildman–Crippen LogP) is 2.78. The van der Waals surface area contributed by atoms with Gasteiger partial charge < -0.3 is 4.57 Å². The number of hydrogen-bond donors (Lipinski definition) is 0. The van der Waals surface area contributed by atoms with E-state index in [9.17, 15) is 0 Å². The minimum absolute atomic E-state index is 0.601. The largest absolute Gasteiger partial charge is 0.337 e. The molecule has 0 N–H and O–H groups in total. The molecule has 1 aliphatic heterocycles. The van der Waals surface area contributed by atoms with Gasteiger partial charge in [0.05, 0.1) is 5.69 Å². The van der Waals surface area contributed by atoms with Gasteiger partial charge >= 0.3 is 0 Å². The molecule has 3 nitrogen and oxygen atoms in total. The fourth-order valence-corrected chi connectivity index (χ4v) is 3.57. The molecule has 3 heterocycles. The zero-order valence-corrected chi connectivity index (χ0v) is 11.8. The number of imidazole rings is 1. The lowest BCUT2D eigenvalue weighted by Gasteiger charge is -2.14. The predicted molar refractivity (Wildman–Crippen MR) is 74.9 cm³/mol. The van der Waals surface area contributed by atoms with Crippen LogP contribution in [0.1, 0.15) is 28.7 Å². The molecule has 4 heteroatoms. The van der Waals surface area contributed by atoms with Gasteiger partial charge in [-0.1, -0.05) is 6.07 Å². The second-order valence-electron chi connectivity index (χ2n) is 5.15. The van der Waals surface area contributed by atoms with Gasteiger partial charge in [-0.15, -0.1) is 11.3 Å². The first-order valence-corrected chi connectivity index (χ1v) is 7.35. The lowest BCUT2D eigenvalue weighted by molar-refractivity contribution is 0.328. The van der Waals surface area contributed by atoms with Crippen LogP contribution in [0, 0.1) is 6.92 Å². The number of aryl methyl sites for hydroxylation is 2. The van der Waals surface area contributed by atoms with Crippen LogP contribution in [0.3, 0.4) is 0 Å². The SMILES string of the molecule is Cc1cn(C)c([C@H]2CCN(Cc3cccs3)C2)n1. The molecular formula is C14H19N3S. The fourth-order valence-electron chi connectivity index (χ4n) is 2.82. The Kier molecular flexibility index (Phi) is 3.22. The third-order valence-corrected chi connectivity index (χ3v) is 4.49. The van der Waals surface area contributed by atoms with Gasteiger partial charge in [-0.05, 0) is 31.3 Å². The summed E-state index contributed by atoms with van der Waals surface area (Å²) in [6, 6.07) is 4.36. The van der Waals surface area contributed by atoms with Crippen molar-refractivity contribution >= 4 is 11.3 Å². The molecule has 3 rings (SSSR count). The topological polar surface area (TPSA) is 21.1 Å². The van der Waals surface area contributed by atoms with Gasteiger partial charge in [0.15, 0.2) is 0 Å². The fraction of sp³-hybridized carbons (Fsp3) is 0.500. The highest BCUT2D eigenvalue weighted by molar-refractivity contribution is 7.09. The second-order valence-corrected chi connectivity index (χ2v) is 6.18. The number of likely N-dealkylation sites (tertiary alicyclic amines) is 1. The Labute approximate surface area is 112 Å². The van der Waals surface area contributed by atoms with Crippen molar-refractivity contribution in [2.24, 2.45) is 7.05 Å². The summed E-state index contributed by atoms with van der Waals surface area (Å²) < 4.78 is 2.19. The molecule has 2 aromatic heterocycles. The van der Waals surface area contributed by atoms with E-state index in [1.165, 1.54) is 23.7 Å². The molecular weight excluding hydrogens is 242 g/mol. The van der Waals surface area contributed by atoms with Crippen LogP contribution in [0.15, 0.2) is 23.7 Å². The molecule has 0 bridgehead atoms. The zero-order valence-electron chi connectivity index (χ0n) is 11.0. The summed E-state index contributed by atoms with van der Waals surface area (Å²) in [5.74, 6) is 1.85. The lowest BCUT2D eigenvalue weighted by Crippen LogP contribution is -2.19. The normalized spacial score (nSPS) is 20.7. The molecule has 18 heavy (non-hydrogen) atoms. The maximum absolute atomic E-state index is 4.66. The van der Waals surface area contributed by atoms with Crippen molar-refractivity contribution in [1.82, 2.24) is 14.5 Å². The Bertz CT molecular complexity index is 515. The summed E-state index contributed by atoms with van der Waals surface area (Å²) >= 11 is 1.85. The summed E-state index contributed by atoms with van der Waals surface area (Å²) in [6.07, 6.45) is 3.35. The van der Waals surface area contributed by atoms with Gasteiger partial charge in [-0.25, -0.2) is 4.98 Å². The van der Waals surface area contributed by atoms with Crippen LogP contribution in [-0.2, 0) is 13.6 Å². The summed E-state index contributed by atoms with van der Waals surface area (Å²) in [7, 11) is 2.11. The Balaban J connectivity index is 1.66. The Morgan fingerprint density at radius 1 is 1.50 bits per heavy atom. The first-order chi connectivity index (χ1) is 8.72. The van der Waals surface area contributed by atoms with Crippen LogP contribution < -0.4 is 0 Å². The minimum Gasteiger partial charge on any atom is -0.337 e. The van der Waals surface area contributed by atoms with Gasteiger partial charge in [0.1, 0.15) is 5.82 Å². The van der Waals surface area contributed by atoms with Crippen LogP contribution >= 0.6 is 11.3 Å². The van der Waals surface area contributed by atoms with E-state index < -0.39 is 0 Å². The number of nitrogens with zero attached hydrogens (tertiary/aromatic N) is 3. The highest BCUT2D eigenvalue weighted by Crippen LogP contribution is 2.27. The average Bonchev–Trinajstić information content (AvgIpc) is 3.01. The van der Waals surface area contributed by atoms with E-state index in [1.807, 2.05) is 11.3 Å². The minimum atomic E-state index is 0.601. The molecule has 2 aromatic rings. The van der Waals surface area contributed by atoms with Crippen LogP contribution in [0.5, 0.6) is 0 Å². The third-order valence-electron chi connectivity index (χ3n) is 3.63. The summed E-state index contributed by atoms with van der Waals surface area (Å²) in [5.41, 5.74) is 1.13. The quantitative estimate of drug-likeness (QED) is 0.847. The van der Waals surface area contributed by atoms with E-state index in [0.29, 0.717) is 5.92 Å². The highest BCUT2D eigenvalue weighted by atomic mass is 32.1. The molecule has 0 saturated carbocycles. The Morgan fingerprint density at radius 3 is 3.06 bits per heavy atom.